The summed E-state index contributed by atoms with van der Waals surface area (Å²) in [6.07, 6.45) is 11.0. The standard InChI is InChI=1S/C15H31NS2/c1-14(2)10-7-8-12-16-15(3)11-6-5-9-13-18(4)17/h14,16H,3,5-13H2,1-2,4H3/t18-/m0/s1. The lowest BCUT2D eigenvalue weighted by Gasteiger charge is -2.10. The first-order valence-corrected chi connectivity index (χ1v) is 9.96. The molecule has 18 heavy (non-hydrogen) atoms. The zero-order valence-corrected chi connectivity index (χ0v) is 14.1. The zero-order chi connectivity index (χ0) is 13.8. The van der Waals surface area contributed by atoms with Crippen LogP contribution in [0.3, 0.4) is 0 Å². The van der Waals surface area contributed by atoms with Gasteiger partial charge in [0, 0.05) is 12.2 Å². The van der Waals surface area contributed by atoms with Crippen LogP contribution in [0.4, 0.5) is 0 Å². The molecule has 0 spiro atoms. The van der Waals surface area contributed by atoms with E-state index in [1.165, 1.54) is 50.0 Å². The quantitative estimate of drug-likeness (QED) is 0.541. The van der Waals surface area contributed by atoms with Crippen molar-refractivity contribution in [1.82, 2.24) is 5.32 Å². The van der Waals surface area contributed by atoms with E-state index < -0.39 is 0 Å². The lowest BCUT2D eigenvalue weighted by Crippen LogP contribution is -2.14. The molecular weight excluding hydrogens is 258 g/mol. The molecule has 0 amide bonds. The highest BCUT2D eigenvalue weighted by Gasteiger charge is 1.97. The first kappa shape index (κ1) is 18.1. The van der Waals surface area contributed by atoms with Crippen molar-refractivity contribution in [3.63, 3.8) is 0 Å². The third kappa shape index (κ3) is 14.2. The van der Waals surface area contributed by atoms with Gasteiger partial charge in [-0.25, -0.2) is 0 Å². The van der Waals surface area contributed by atoms with Crippen LogP contribution in [0.5, 0.6) is 0 Å². The van der Waals surface area contributed by atoms with E-state index in [-0.39, 0.29) is 9.45 Å². The van der Waals surface area contributed by atoms with Crippen molar-refractivity contribution in [2.45, 2.75) is 58.8 Å². The van der Waals surface area contributed by atoms with Gasteiger partial charge in [-0.3, -0.25) is 0 Å². The predicted octanol–water partition coefficient (Wildman–Crippen LogP) is 4.19. The molecule has 0 aliphatic carbocycles. The van der Waals surface area contributed by atoms with Crippen molar-refractivity contribution in [3.8, 4) is 0 Å². The van der Waals surface area contributed by atoms with Gasteiger partial charge >= 0.3 is 0 Å². The maximum atomic E-state index is 5.18. The molecule has 0 aromatic rings. The van der Waals surface area contributed by atoms with Crippen molar-refractivity contribution >= 4 is 20.6 Å². The first-order chi connectivity index (χ1) is 8.52. The number of allylic oxidation sites excluding steroid dienone is 1. The third-order valence-corrected chi connectivity index (χ3v) is 4.36. The number of rotatable bonds is 12. The zero-order valence-electron chi connectivity index (χ0n) is 12.5. The van der Waals surface area contributed by atoms with Gasteiger partial charge in [0.15, 0.2) is 0 Å². The molecule has 0 bridgehead atoms. The highest BCUT2D eigenvalue weighted by atomic mass is 32.8. The average molecular weight is 290 g/mol. The van der Waals surface area contributed by atoms with Crippen LogP contribution in [-0.2, 0) is 20.6 Å². The van der Waals surface area contributed by atoms with Crippen LogP contribution < -0.4 is 5.32 Å². The predicted molar refractivity (Wildman–Crippen MR) is 89.8 cm³/mol. The van der Waals surface area contributed by atoms with Gasteiger partial charge in [-0.05, 0) is 43.6 Å². The molecule has 0 aromatic carbocycles. The fraction of sp³-hybridized carbons (Fsp3) is 0.867. The third-order valence-electron chi connectivity index (χ3n) is 2.99. The molecule has 0 rings (SSSR count). The van der Waals surface area contributed by atoms with E-state index in [4.69, 9.17) is 11.2 Å². The highest BCUT2D eigenvalue weighted by molar-refractivity contribution is 8.28. The van der Waals surface area contributed by atoms with Crippen molar-refractivity contribution in [3.05, 3.63) is 12.3 Å². The summed E-state index contributed by atoms with van der Waals surface area (Å²) in [6, 6.07) is 0. The molecule has 0 aromatic heterocycles. The molecule has 0 saturated heterocycles. The molecule has 1 N–H and O–H groups in total. The topological polar surface area (TPSA) is 12.0 Å². The summed E-state index contributed by atoms with van der Waals surface area (Å²) in [5.41, 5.74) is 1.22. The molecule has 0 saturated carbocycles. The molecule has 0 unspecified atom stereocenters. The number of hydrogen-bond donors (Lipinski definition) is 1. The molecule has 0 fully saturated rings. The number of unbranched alkanes of at least 4 members (excludes halogenated alkanes) is 3. The first-order valence-electron chi connectivity index (χ1n) is 7.24. The van der Waals surface area contributed by atoms with Gasteiger partial charge < -0.3 is 5.32 Å². The number of nitrogens with one attached hydrogen (secondary N) is 1. The second kappa shape index (κ2) is 12.2. The Bertz CT molecular complexity index is 237. The van der Waals surface area contributed by atoms with Crippen LogP contribution in [0.1, 0.15) is 58.8 Å². The van der Waals surface area contributed by atoms with Crippen LogP contribution in [0.15, 0.2) is 12.3 Å². The van der Waals surface area contributed by atoms with Crippen LogP contribution in [0, 0.1) is 5.92 Å². The van der Waals surface area contributed by atoms with Crippen LogP contribution in [0.25, 0.3) is 0 Å². The fourth-order valence-corrected chi connectivity index (χ4v) is 2.82. The Morgan fingerprint density at radius 1 is 1.17 bits per heavy atom. The van der Waals surface area contributed by atoms with Crippen LogP contribution >= 0.6 is 0 Å². The Kier molecular flexibility index (Phi) is 12.2. The van der Waals surface area contributed by atoms with E-state index in [2.05, 4.69) is 32.0 Å². The lowest BCUT2D eigenvalue weighted by molar-refractivity contribution is 0.528. The Labute approximate surface area is 121 Å². The normalized spacial score (nSPS) is 12.7. The molecule has 0 heterocycles. The summed E-state index contributed by atoms with van der Waals surface area (Å²) in [6.45, 7) is 9.76. The van der Waals surface area contributed by atoms with E-state index in [0.717, 1.165) is 18.9 Å². The van der Waals surface area contributed by atoms with Crippen LogP contribution in [0.2, 0.25) is 0 Å². The molecular formula is C15H31NS2. The van der Waals surface area contributed by atoms with Gasteiger partial charge in [0.25, 0.3) is 0 Å². The lowest BCUT2D eigenvalue weighted by atomic mass is 10.1. The van der Waals surface area contributed by atoms with Crippen molar-refractivity contribution in [2.24, 2.45) is 5.92 Å². The summed E-state index contributed by atoms with van der Waals surface area (Å²) in [4.78, 5) is 0. The summed E-state index contributed by atoms with van der Waals surface area (Å²) in [5.74, 6) is 2.05. The van der Waals surface area contributed by atoms with E-state index >= 15 is 0 Å². The second-order valence-corrected chi connectivity index (χ2v) is 8.77. The van der Waals surface area contributed by atoms with E-state index in [9.17, 15) is 0 Å². The molecule has 0 aliphatic rings. The minimum absolute atomic E-state index is 0.204. The molecule has 1 nitrogen and oxygen atoms in total. The fourth-order valence-electron chi connectivity index (χ4n) is 1.85. The van der Waals surface area contributed by atoms with Crippen molar-refractivity contribution < 1.29 is 0 Å². The van der Waals surface area contributed by atoms with Crippen molar-refractivity contribution in [2.75, 3.05) is 18.6 Å². The summed E-state index contributed by atoms with van der Waals surface area (Å²) in [7, 11) is 0.204. The van der Waals surface area contributed by atoms with Gasteiger partial charge in [0.1, 0.15) is 0 Å². The second-order valence-electron chi connectivity index (χ2n) is 5.51. The molecule has 0 radical (unpaired) electrons. The molecule has 1 atom stereocenters. The average Bonchev–Trinajstić information content (AvgIpc) is 2.27. The maximum Gasteiger partial charge on any atom is 0.0143 e. The van der Waals surface area contributed by atoms with E-state index in [1.54, 1.807) is 0 Å². The molecule has 108 valence electrons. The molecule has 0 aliphatic heterocycles. The van der Waals surface area contributed by atoms with Gasteiger partial charge in [0.2, 0.25) is 0 Å². The van der Waals surface area contributed by atoms with Crippen molar-refractivity contribution in [1.29, 1.82) is 0 Å². The van der Waals surface area contributed by atoms with Gasteiger partial charge in [-0.1, -0.05) is 50.9 Å². The van der Waals surface area contributed by atoms with Gasteiger partial charge in [-0.2, -0.15) is 0 Å². The number of hydrogen-bond acceptors (Lipinski definition) is 2. The SMILES string of the molecule is C=C(CCCCC[S@](C)=S)NCCCCC(C)C. The van der Waals surface area contributed by atoms with Crippen LogP contribution in [-0.4, -0.2) is 18.6 Å². The summed E-state index contributed by atoms with van der Waals surface area (Å²) in [5, 5.41) is 3.44. The molecule has 3 heteroatoms. The minimum Gasteiger partial charge on any atom is -0.389 e. The highest BCUT2D eigenvalue weighted by Crippen LogP contribution is 2.07. The summed E-state index contributed by atoms with van der Waals surface area (Å²) < 4.78 is 0. The Morgan fingerprint density at radius 3 is 2.50 bits per heavy atom. The van der Waals surface area contributed by atoms with E-state index in [0.29, 0.717) is 0 Å². The monoisotopic (exact) mass is 289 g/mol. The smallest absolute Gasteiger partial charge is 0.0143 e. The van der Waals surface area contributed by atoms with E-state index in [1.807, 2.05) is 0 Å². The summed E-state index contributed by atoms with van der Waals surface area (Å²) >= 11 is 5.18. The van der Waals surface area contributed by atoms with Gasteiger partial charge in [-0.15, -0.1) is 9.45 Å². The maximum absolute atomic E-state index is 5.18. The van der Waals surface area contributed by atoms with Gasteiger partial charge in [0.05, 0.1) is 0 Å². The minimum atomic E-state index is 0.204. The largest absolute Gasteiger partial charge is 0.389 e. The Morgan fingerprint density at radius 2 is 1.89 bits per heavy atom. The Hall–Kier alpha value is 0.110. The Balaban J connectivity index is 3.25.